The van der Waals surface area contributed by atoms with E-state index in [0.717, 1.165) is 24.5 Å². The van der Waals surface area contributed by atoms with E-state index in [4.69, 9.17) is 0 Å². The average Bonchev–Trinajstić information content (AvgIpc) is 2.44. The predicted molar refractivity (Wildman–Crippen MR) is 87.2 cm³/mol. The van der Waals surface area contributed by atoms with Crippen LogP contribution in [0, 0.1) is 0 Å². The largest absolute Gasteiger partial charge is 0.356 e. The molecule has 0 aromatic carbocycles. The molecule has 2 unspecified atom stereocenters. The summed E-state index contributed by atoms with van der Waals surface area (Å²) in [6, 6.07) is 5.23. The second-order valence-corrected chi connectivity index (χ2v) is 5.77. The van der Waals surface area contributed by atoms with Crippen LogP contribution in [0.1, 0.15) is 38.8 Å². The van der Waals surface area contributed by atoms with Crippen LogP contribution in [0.3, 0.4) is 0 Å². The Balaban J connectivity index is 2.85. The van der Waals surface area contributed by atoms with Gasteiger partial charge in [0.25, 0.3) is 0 Å². The van der Waals surface area contributed by atoms with Crippen LogP contribution >= 0.6 is 11.8 Å². The Kier molecular flexibility index (Phi) is 7.24. The predicted octanol–water partition coefficient (Wildman–Crippen LogP) is 3.33. The van der Waals surface area contributed by atoms with E-state index in [1.807, 2.05) is 18.0 Å². The van der Waals surface area contributed by atoms with E-state index in [1.54, 1.807) is 0 Å². The molecule has 1 rings (SSSR count). The zero-order valence-corrected chi connectivity index (χ0v) is 13.6. The van der Waals surface area contributed by atoms with E-state index in [9.17, 15) is 0 Å². The molecule has 0 saturated heterocycles. The lowest BCUT2D eigenvalue weighted by Gasteiger charge is -2.28. The Labute approximate surface area is 122 Å². The molecule has 1 aromatic heterocycles. The van der Waals surface area contributed by atoms with E-state index in [-0.39, 0.29) is 0 Å². The lowest BCUT2D eigenvalue weighted by atomic mass is 10.1. The first-order valence-corrected chi connectivity index (χ1v) is 8.44. The number of nitrogens with one attached hydrogen (secondary N) is 1. The summed E-state index contributed by atoms with van der Waals surface area (Å²) in [6.45, 7) is 7.55. The highest BCUT2D eigenvalue weighted by atomic mass is 32.2. The molecule has 0 aliphatic rings. The number of hydrogen-bond donors (Lipinski definition) is 1. The van der Waals surface area contributed by atoms with Gasteiger partial charge in [-0.05, 0) is 43.8 Å². The van der Waals surface area contributed by atoms with Gasteiger partial charge in [-0.2, -0.15) is 11.8 Å². The van der Waals surface area contributed by atoms with E-state index in [1.165, 1.54) is 5.56 Å². The summed E-state index contributed by atoms with van der Waals surface area (Å²) in [7, 11) is 2.15. The summed E-state index contributed by atoms with van der Waals surface area (Å²) >= 11 is 1.89. The average molecular weight is 281 g/mol. The van der Waals surface area contributed by atoms with Crippen LogP contribution in [0.25, 0.3) is 0 Å². The van der Waals surface area contributed by atoms with Crippen molar-refractivity contribution in [2.45, 2.75) is 39.3 Å². The summed E-state index contributed by atoms with van der Waals surface area (Å²) < 4.78 is 0. The van der Waals surface area contributed by atoms with Gasteiger partial charge in [0.1, 0.15) is 5.82 Å². The standard InChI is InChI=1S/C15H27N3S/c1-6-14(11-19-5)18(4)15-10-13(8-9-17-15)12(3)16-7-2/h8-10,12,14,16H,6-7,11H2,1-5H3. The highest BCUT2D eigenvalue weighted by Crippen LogP contribution is 2.20. The Morgan fingerprint density at radius 1 is 1.42 bits per heavy atom. The fourth-order valence-electron chi connectivity index (χ4n) is 2.20. The van der Waals surface area contributed by atoms with Gasteiger partial charge in [0.2, 0.25) is 0 Å². The minimum absolute atomic E-state index is 0.376. The summed E-state index contributed by atoms with van der Waals surface area (Å²) in [4.78, 5) is 6.83. The molecule has 0 fully saturated rings. The molecule has 0 amide bonds. The van der Waals surface area contributed by atoms with Crippen molar-refractivity contribution in [2.24, 2.45) is 0 Å². The van der Waals surface area contributed by atoms with E-state index < -0.39 is 0 Å². The number of aromatic nitrogens is 1. The Morgan fingerprint density at radius 3 is 2.74 bits per heavy atom. The highest BCUT2D eigenvalue weighted by Gasteiger charge is 2.15. The highest BCUT2D eigenvalue weighted by molar-refractivity contribution is 7.98. The van der Waals surface area contributed by atoms with Gasteiger partial charge in [-0.1, -0.05) is 13.8 Å². The van der Waals surface area contributed by atoms with Crippen molar-refractivity contribution < 1.29 is 0 Å². The second kappa shape index (κ2) is 8.43. The van der Waals surface area contributed by atoms with Crippen LogP contribution in [0.5, 0.6) is 0 Å². The van der Waals surface area contributed by atoms with Gasteiger partial charge < -0.3 is 10.2 Å². The molecular weight excluding hydrogens is 254 g/mol. The quantitative estimate of drug-likeness (QED) is 0.791. The van der Waals surface area contributed by atoms with Crippen LogP contribution in [0.15, 0.2) is 18.3 Å². The maximum atomic E-state index is 4.52. The minimum atomic E-state index is 0.376. The first kappa shape index (κ1) is 16.3. The van der Waals surface area contributed by atoms with Gasteiger partial charge in [0.15, 0.2) is 0 Å². The number of nitrogens with zero attached hydrogens (tertiary/aromatic N) is 2. The van der Waals surface area contributed by atoms with E-state index in [2.05, 4.69) is 61.4 Å². The van der Waals surface area contributed by atoms with Crippen molar-refractivity contribution in [1.29, 1.82) is 0 Å². The zero-order chi connectivity index (χ0) is 14.3. The molecule has 19 heavy (non-hydrogen) atoms. The minimum Gasteiger partial charge on any atom is -0.356 e. The molecule has 2 atom stereocenters. The fourth-order valence-corrected chi connectivity index (χ4v) is 3.05. The van der Waals surface area contributed by atoms with Gasteiger partial charge >= 0.3 is 0 Å². The third-order valence-electron chi connectivity index (χ3n) is 3.52. The molecule has 0 bridgehead atoms. The molecule has 3 nitrogen and oxygen atoms in total. The van der Waals surface area contributed by atoms with Crippen LogP contribution in [0.4, 0.5) is 5.82 Å². The monoisotopic (exact) mass is 281 g/mol. The maximum absolute atomic E-state index is 4.52. The van der Waals surface area contributed by atoms with Crippen LogP contribution < -0.4 is 10.2 Å². The fraction of sp³-hybridized carbons (Fsp3) is 0.667. The molecule has 108 valence electrons. The van der Waals surface area contributed by atoms with Gasteiger partial charge in [0, 0.05) is 31.1 Å². The smallest absolute Gasteiger partial charge is 0.128 e. The van der Waals surface area contributed by atoms with Gasteiger partial charge in [-0.3, -0.25) is 0 Å². The molecule has 1 heterocycles. The summed E-state index contributed by atoms with van der Waals surface area (Å²) in [6.07, 6.45) is 5.22. The lowest BCUT2D eigenvalue weighted by molar-refractivity contribution is 0.596. The van der Waals surface area contributed by atoms with Crippen molar-refractivity contribution in [3.05, 3.63) is 23.9 Å². The van der Waals surface area contributed by atoms with Gasteiger partial charge in [-0.15, -0.1) is 0 Å². The second-order valence-electron chi connectivity index (χ2n) is 4.86. The van der Waals surface area contributed by atoms with Gasteiger partial charge in [-0.25, -0.2) is 4.98 Å². The SMILES string of the molecule is CCNC(C)c1ccnc(N(C)C(CC)CSC)c1. The number of thioether (sulfide) groups is 1. The first-order valence-electron chi connectivity index (χ1n) is 7.05. The zero-order valence-electron chi connectivity index (χ0n) is 12.8. The number of pyridine rings is 1. The van der Waals surface area contributed by atoms with Crippen molar-refractivity contribution in [3.8, 4) is 0 Å². The summed E-state index contributed by atoms with van der Waals surface area (Å²) in [5.41, 5.74) is 1.30. The topological polar surface area (TPSA) is 28.2 Å². The van der Waals surface area contributed by atoms with Gasteiger partial charge in [0.05, 0.1) is 0 Å². The van der Waals surface area contributed by atoms with Crippen molar-refractivity contribution in [1.82, 2.24) is 10.3 Å². The van der Waals surface area contributed by atoms with E-state index >= 15 is 0 Å². The third-order valence-corrected chi connectivity index (χ3v) is 4.24. The Bertz CT molecular complexity index is 370. The molecule has 4 heteroatoms. The molecule has 0 aliphatic heterocycles. The summed E-state index contributed by atoms with van der Waals surface area (Å²) in [5.74, 6) is 2.21. The Morgan fingerprint density at radius 2 is 2.16 bits per heavy atom. The maximum Gasteiger partial charge on any atom is 0.128 e. The molecule has 0 aliphatic carbocycles. The van der Waals surface area contributed by atoms with E-state index in [0.29, 0.717) is 12.1 Å². The number of rotatable bonds is 8. The van der Waals surface area contributed by atoms with Crippen LogP contribution in [-0.4, -0.2) is 36.6 Å². The van der Waals surface area contributed by atoms with Crippen LogP contribution in [0.2, 0.25) is 0 Å². The molecule has 0 radical (unpaired) electrons. The molecule has 1 aromatic rings. The normalized spacial score (nSPS) is 14.2. The lowest BCUT2D eigenvalue weighted by Crippen LogP contribution is -2.33. The third kappa shape index (κ3) is 4.69. The van der Waals surface area contributed by atoms with Crippen LogP contribution in [-0.2, 0) is 0 Å². The number of anilines is 1. The van der Waals surface area contributed by atoms with Crippen molar-refractivity contribution in [2.75, 3.05) is 30.5 Å². The Hall–Kier alpha value is -0.740. The number of hydrogen-bond acceptors (Lipinski definition) is 4. The molecule has 1 N–H and O–H groups in total. The van der Waals surface area contributed by atoms with Crippen molar-refractivity contribution >= 4 is 17.6 Å². The summed E-state index contributed by atoms with van der Waals surface area (Å²) in [5, 5.41) is 3.45. The molecular formula is C15H27N3S. The van der Waals surface area contributed by atoms with Crippen molar-refractivity contribution in [3.63, 3.8) is 0 Å². The first-order chi connectivity index (χ1) is 9.13. The molecule has 0 spiro atoms. The molecule has 0 saturated carbocycles.